The molecule has 0 bridgehead atoms. The highest BCUT2D eigenvalue weighted by Crippen LogP contribution is 2.20. The van der Waals surface area contributed by atoms with Crippen molar-refractivity contribution in [3.05, 3.63) is 54.0 Å². The summed E-state index contributed by atoms with van der Waals surface area (Å²) < 4.78 is 12.8. The third-order valence-corrected chi connectivity index (χ3v) is 3.14. The summed E-state index contributed by atoms with van der Waals surface area (Å²) in [6.45, 7) is 0.876. The van der Waals surface area contributed by atoms with E-state index in [4.69, 9.17) is 0 Å². The van der Waals surface area contributed by atoms with Gasteiger partial charge in [0.15, 0.2) is 0 Å². The quantitative estimate of drug-likeness (QED) is 0.891. The van der Waals surface area contributed by atoms with Crippen LogP contribution >= 0.6 is 0 Å². The first kappa shape index (κ1) is 11.4. The van der Waals surface area contributed by atoms with E-state index in [1.54, 1.807) is 12.1 Å². The van der Waals surface area contributed by atoms with Crippen LogP contribution in [0, 0.1) is 5.82 Å². The monoisotopic (exact) mass is 242 g/mol. The normalized spacial score (nSPS) is 14.7. The average Bonchev–Trinajstić information content (AvgIpc) is 3.22. The van der Waals surface area contributed by atoms with Gasteiger partial charge in [0.05, 0.1) is 5.69 Å². The largest absolute Gasteiger partial charge is 0.310 e. The van der Waals surface area contributed by atoms with Crippen LogP contribution in [0.2, 0.25) is 0 Å². The molecule has 18 heavy (non-hydrogen) atoms. The Morgan fingerprint density at radius 2 is 1.89 bits per heavy atom. The van der Waals surface area contributed by atoms with Gasteiger partial charge in [-0.15, -0.1) is 0 Å². The minimum atomic E-state index is -0.219. The van der Waals surface area contributed by atoms with E-state index in [-0.39, 0.29) is 5.82 Å². The van der Waals surface area contributed by atoms with Crippen LogP contribution in [0.5, 0.6) is 0 Å². The Bertz CT molecular complexity index is 515. The van der Waals surface area contributed by atoms with Crippen LogP contribution < -0.4 is 5.32 Å². The smallest absolute Gasteiger partial charge is 0.123 e. The summed E-state index contributed by atoms with van der Waals surface area (Å²) in [4.78, 5) is 4.41. The van der Waals surface area contributed by atoms with Gasteiger partial charge in [-0.05, 0) is 48.7 Å². The zero-order valence-corrected chi connectivity index (χ0v) is 10.1. The van der Waals surface area contributed by atoms with E-state index >= 15 is 0 Å². The number of halogens is 1. The van der Waals surface area contributed by atoms with E-state index in [0.29, 0.717) is 6.04 Å². The Balaban J connectivity index is 1.71. The van der Waals surface area contributed by atoms with Crippen LogP contribution in [0.25, 0.3) is 11.3 Å². The van der Waals surface area contributed by atoms with Crippen molar-refractivity contribution in [3.8, 4) is 11.3 Å². The first-order valence-corrected chi connectivity index (χ1v) is 6.25. The van der Waals surface area contributed by atoms with Gasteiger partial charge in [-0.25, -0.2) is 4.39 Å². The second kappa shape index (κ2) is 4.86. The van der Waals surface area contributed by atoms with Crippen molar-refractivity contribution in [1.29, 1.82) is 0 Å². The van der Waals surface area contributed by atoms with Gasteiger partial charge in [-0.1, -0.05) is 6.07 Å². The molecular formula is C15H15FN2. The highest BCUT2D eigenvalue weighted by Gasteiger charge is 2.19. The molecule has 0 atom stereocenters. The predicted molar refractivity (Wildman–Crippen MR) is 69.5 cm³/mol. The zero-order valence-electron chi connectivity index (χ0n) is 10.1. The van der Waals surface area contributed by atoms with Crippen molar-refractivity contribution in [2.45, 2.75) is 25.4 Å². The molecule has 3 heteroatoms. The van der Waals surface area contributed by atoms with Gasteiger partial charge >= 0.3 is 0 Å². The highest BCUT2D eigenvalue weighted by molar-refractivity contribution is 5.58. The van der Waals surface area contributed by atoms with E-state index in [1.807, 2.05) is 12.3 Å². The van der Waals surface area contributed by atoms with Crippen LogP contribution in [0.15, 0.2) is 42.6 Å². The molecule has 92 valence electrons. The summed E-state index contributed by atoms with van der Waals surface area (Å²) in [7, 11) is 0. The molecule has 1 N–H and O–H groups in total. The lowest BCUT2D eigenvalue weighted by atomic mass is 10.1. The maximum Gasteiger partial charge on any atom is 0.123 e. The van der Waals surface area contributed by atoms with Gasteiger partial charge in [0, 0.05) is 24.3 Å². The summed E-state index contributed by atoms with van der Waals surface area (Å²) in [6, 6.07) is 11.2. The molecule has 1 aliphatic carbocycles. The summed E-state index contributed by atoms with van der Waals surface area (Å²) in [6.07, 6.45) is 4.47. The molecule has 0 aliphatic heterocycles. The number of nitrogens with one attached hydrogen (secondary N) is 1. The highest BCUT2D eigenvalue weighted by atomic mass is 19.1. The first-order valence-electron chi connectivity index (χ1n) is 6.25. The molecule has 0 saturated heterocycles. The summed E-state index contributed by atoms with van der Waals surface area (Å²) >= 11 is 0. The Morgan fingerprint density at radius 3 is 2.50 bits per heavy atom. The zero-order chi connectivity index (χ0) is 12.4. The fourth-order valence-corrected chi connectivity index (χ4v) is 1.87. The van der Waals surface area contributed by atoms with Gasteiger partial charge in [-0.3, -0.25) is 4.98 Å². The Kier molecular flexibility index (Phi) is 3.07. The molecule has 0 amide bonds. The average molecular weight is 242 g/mol. The van der Waals surface area contributed by atoms with Crippen LogP contribution in [0.4, 0.5) is 4.39 Å². The Morgan fingerprint density at radius 1 is 1.11 bits per heavy atom. The fraction of sp³-hybridized carbons (Fsp3) is 0.267. The summed E-state index contributed by atoms with van der Waals surface area (Å²) in [5, 5.41) is 3.45. The maximum atomic E-state index is 12.8. The lowest BCUT2D eigenvalue weighted by molar-refractivity contribution is 0.628. The third-order valence-electron chi connectivity index (χ3n) is 3.14. The molecule has 1 fully saturated rings. The van der Waals surface area contributed by atoms with E-state index in [0.717, 1.165) is 17.8 Å². The molecule has 1 saturated carbocycles. The molecule has 0 spiro atoms. The minimum Gasteiger partial charge on any atom is -0.310 e. The summed E-state index contributed by atoms with van der Waals surface area (Å²) in [5.74, 6) is -0.219. The second-order valence-corrected chi connectivity index (χ2v) is 4.71. The number of aromatic nitrogens is 1. The van der Waals surface area contributed by atoms with Gasteiger partial charge in [0.1, 0.15) is 5.82 Å². The van der Waals surface area contributed by atoms with Crippen molar-refractivity contribution in [2.24, 2.45) is 0 Å². The van der Waals surface area contributed by atoms with Crippen molar-refractivity contribution in [3.63, 3.8) is 0 Å². The maximum absolute atomic E-state index is 12.8. The standard InChI is InChI=1S/C15H15FN2/c16-13-4-2-12(3-5-13)15-8-1-11(10-18-15)9-17-14-6-7-14/h1-5,8,10,14,17H,6-7,9H2. The molecule has 1 aromatic carbocycles. The van der Waals surface area contributed by atoms with Crippen molar-refractivity contribution in [1.82, 2.24) is 10.3 Å². The molecule has 3 rings (SSSR count). The van der Waals surface area contributed by atoms with Crippen molar-refractivity contribution < 1.29 is 4.39 Å². The van der Waals surface area contributed by atoms with Crippen molar-refractivity contribution >= 4 is 0 Å². The number of nitrogens with zero attached hydrogens (tertiary/aromatic N) is 1. The molecule has 2 nitrogen and oxygen atoms in total. The summed E-state index contributed by atoms with van der Waals surface area (Å²) in [5.41, 5.74) is 3.01. The molecule has 1 aliphatic rings. The van der Waals surface area contributed by atoms with E-state index in [2.05, 4.69) is 16.4 Å². The molecule has 0 radical (unpaired) electrons. The van der Waals surface area contributed by atoms with Gasteiger partial charge in [0.25, 0.3) is 0 Å². The molecule has 1 heterocycles. The molecule has 1 aromatic heterocycles. The van der Waals surface area contributed by atoms with Crippen molar-refractivity contribution in [2.75, 3.05) is 0 Å². The van der Waals surface area contributed by atoms with E-state index in [1.165, 1.54) is 30.5 Å². The van der Waals surface area contributed by atoms with Crippen LogP contribution in [0.1, 0.15) is 18.4 Å². The lowest BCUT2D eigenvalue weighted by Gasteiger charge is -2.04. The Hall–Kier alpha value is -1.74. The SMILES string of the molecule is Fc1ccc(-c2ccc(CNC3CC3)cn2)cc1. The Labute approximate surface area is 106 Å². The molecule has 2 aromatic rings. The number of hydrogen-bond donors (Lipinski definition) is 1. The number of pyridine rings is 1. The molecular weight excluding hydrogens is 227 g/mol. The van der Waals surface area contributed by atoms with E-state index < -0.39 is 0 Å². The molecule has 0 unspecified atom stereocenters. The number of benzene rings is 1. The van der Waals surface area contributed by atoms with Gasteiger partial charge < -0.3 is 5.32 Å². The third kappa shape index (κ3) is 2.74. The lowest BCUT2D eigenvalue weighted by Crippen LogP contribution is -2.15. The number of rotatable bonds is 4. The van der Waals surface area contributed by atoms with Gasteiger partial charge in [-0.2, -0.15) is 0 Å². The first-order chi connectivity index (χ1) is 8.81. The topological polar surface area (TPSA) is 24.9 Å². The predicted octanol–water partition coefficient (Wildman–Crippen LogP) is 3.14. The fourth-order valence-electron chi connectivity index (χ4n) is 1.87. The van der Waals surface area contributed by atoms with E-state index in [9.17, 15) is 4.39 Å². The van der Waals surface area contributed by atoms with Gasteiger partial charge in [0.2, 0.25) is 0 Å². The second-order valence-electron chi connectivity index (χ2n) is 4.71. The van der Waals surface area contributed by atoms with Crippen LogP contribution in [0.3, 0.4) is 0 Å². The number of hydrogen-bond acceptors (Lipinski definition) is 2. The minimum absolute atomic E-state index is 0.219. The van der Waals surface area contributed by atoms with Crippen LogP contribution in [-0.2, 0) is 6.54 Å². The van der Waals surface area contributed by atoms with Crippen LogP contribution in [-0.4, -0.2) is 11.0 Å².